The van der Waals surface area contributed by atoms with Crippen molar-refractivity contribution in [1.29, 1.82) is 0 Å². The van der Waals surface area contributed by atoms with E-state index in [2.05, 4.69) is 15.9 Å². The number of likely N-dealkylation sites (tertiary alicyclic amines) is 1. The molecule has 1 fully saturated rings. The smallest absolute Gasteiger partial charge is 0.222 e. The van der Waals surface area contributed by atoms with Gasteiger partial charge in [-0.05, 0) is 31.0 Å². The van der Waals surface area contributed by atoms with Crippen molar-refractivity contribution in [3.8, 4) is 5.75 Å². The van der Waals surface area contributed by atoms with Gasteiger partial charge in [0.15, 0.2) is 0 Å². The van der Waals surface area contributed by atoms with Gasteiger partial charge in [-0.3, -0.25) is 4.79 Å². The quantitative estimate of drug-likeness (QED) is 0.713. The van der Waals surface area contributed by atoms with Crippen molar-refractivity contribution in [1.82, 2.24) is 4.90 Å². The number of benzene rings is 1. The van der Waals surface area contributed by atoms with Crippen molar-refractivity contribution in [3.63, 3.8) is 0 Å². The van der Waals surface area contributed by atoms with Crippen LogP contribution in [0.3, 0.4) is 0 Å². The molecule has 0 radical (unpaired) electrons. The Morgan fingerprint density at radius 2 is 2.33 bits per heavy atom. The molecule has 116 valence electrons. The van der Waals surface area contributed by atoms with Gasteiger partial charge in [0.1, 0.15) is 5.75 Å². The molecule has 4 nitrogen and oxygen atoms in total. The van der Waals surface area contributed by atoms with Crippen molar-refractivity contribution in [3.05, 3.63) is 27.7 Å². The van der Waals surface area contributed by atoms with E-state index in [1.807, 2.05) is 17.0 Å². The maximum atomic E-state index is 12.0. The lowest BCUT2D eigenvalue weighted by atomic mass is 10.3. The van der Waals surface area contributed by atoms with Crippen LogP contribution >= 0.6 is 27.5 Å². The number of carbonyl (C=O) groups excluding carboxylic acids is 1. The van der Waals surface area contributed by atoms with Gasteiger partial charge in [-0.2, -0.15) is 0 Å². The first-order valence-electron chi connectivity index (χ1n) is 6.98. The van der Waals surface area contributed by atoms with Crippen molar-refractivity contribution >= 4 is 33.4 Å². The van der Waals surface area contributed by atoms with Crippen LogP contribution in [0.5, 0.6) is 5.75 Å². The summed E-state index contributed by atoms with van der Waals surface area (Å²) in [6.45, 7) is 1.97. The van der Waals surface area contributed by atoms with Crippen LogP contribution in [-0.4, -0.2) is 43.7 Å². The lowest BCUT2D eigenvalue weighted by Gasteiger charge is -2.16. The van der Waals surface area contributed by atoms with Gasteiger partial charge in [0.2, 0.25) is 5.91 Å². The van der Waals surface area contributed by atoms with E-state index in [9.17, 15) is 4.79 Å². The van der Waals surface area contributed by atoms with Gasteiger partial charge in [0.25, 0.3) is 0 Å². The molecular weight excluding hydrogens is 358 g/mol. The number of hydrogen-bond acceptors (Lipinski definition) is 3. The fourth-order valence-corrected chi connectivity index (χ4v) is 3.03. The van der Waals surface area contributed by atoms with Crippen LogP contribution in [0.2, 0.25) is 5.02 Å². The summed E-state index contributed by atoms with van der Waals surface area (Å²) in [6.07, 6.45) is 2.28. The molecule has 0 saturated carbocycles. The van der Waals surface area contributed by atoms with Crippen LogP contribution in [0.4, 0.5) is 0 Å². The minimum absolute atomic E-state index is 0.167. The third-order valence-electron chi connectivity index (χ3n) is 3.52. The van der Waals surface area contributed by atoms with Gasteiger partial charge >= 0.3 is 0 Å². The van der Waals surface area contributed by atoms with Crippen molar-refractivity contribution in [2.45, 2.75) is 25.4 Å². The van der Waals surface area contributed by atoms with Crippen LogP contribution in [0.25, 0.3) is 0 Å². The molecule has 1 aromatic carbocycles. The van der Waals surface area contributed by atoms with Crippen LogP contribution in [0.1, 0.15) is 19.3 Å². The highest BCUT2D eigenvalue weighted by atomic mass is 79.9. The van der Waals surface area contributed by atoms with Crippen LogP contribution in [0, 0.1) is 0 Å². The number of nitrogens with zero attached hydrogens (tertiary/aromatic N) is 1. The highest BCUT2D eigenvalue weighted by Crippen LogP contribution is 2.27. The zero-order valence-corrected chi connectivity index (χ0v) is 14.3. The van der Waals surface area contributed by atoms with E-state index in [-0.39, 0.29) is 12.0 Å². The second-order valence-corrected chi connectivity index (χ2v) is 6.34. The molecule has 6 heteroatoms. The molecule has 0 spiro atoms. The normalized spacial score (nSPS) is 18.0. The van der Waals surface area contributed by atoms with E-state index in [1.165, 1.54) is 0 Å². The zero-order chi connectivity index (χ0) is 15.2. The molecule has 1 aliphatic rings. The summed E-state index contributed by atoms with van der Waals surface area (Å²) in [5, 5.41) is 0.568. The van der Waals surface area contributed by atoms with E-state index < -0.39 is 0 Å². The predicted molar refractivity (Wildman–Crippen MR) is 85.9 cm³/mol. The fraction of sp³-hybridized carbons (Fsp3) is 0.533. The Morgan fingerprint density at radius 1 is 1.52 bits per heavy atom. The Kier molecular flexibility index (Phi) is 6.33. The van der Waals surface area contributed by atoms with Crippen molar-refractivity contribution < 1.29 is 14.3 Å². The highest BCUT2D eigenvalue weighted by molar-refractivity contribution is 9.10. The van der Waals surface area contributed by atoms with Gasteiger partial charge in [-0.1, -0.05) is 27.5 Å². The highest BCUT2D eigenvalue weighted by Gasteiger charge is 2.25. The van der Waals surface area contributed by atoms with Crippen molar-refractivity contribution in [2.75, 3.05) is 26.8 Å². The second-order valence-electron chi connectivity index (χ2n) is 5.01. The number of carbonyl (C=O) groups is 1. The molecule has 0 aromatic heterocycles. The Hall–Kier alpha value is -0.780. The number of amides is 1. The summed E-state index contributed by atoms with van der Waals surface area (Å²) >= 11 is 9.41. The van der Waals surface area contributed by atoms with E-state index in [4.69, 9.17) is 21.1 Å². The lowest BCUT2D eigenvalue weighted by molar-refractivity contribution is -0.130. The number of rotatable bonds is 6. The van der Waals surface area contributed by atoms with Gasteiger partial charge in [-0.15, -0.1) is 0 Å². The largest absolute Gasteiger partial charge is 0.492 e. The standard InChI is InChI=1S/C15H19BrClNO3/c1-20-12-6-7-18(10-12)15(19)3-2-8-21-14-5-4-11(16)9-13(14)17/h4-5,9,12H,2-3,6-8,10H2,1H3. The Morgan fingerprint density at radius 3 is 3.00 bits per heavy atom. The number of halogens is 2. The summed E-state index contributed by atoms with van der Waals surface area (Å²) in [5.74, 6) is 0.813. The Labute approximate surface area is 138 Å². The first kappa shape index (κ1) is 16.6. The molecule has 1 heterocycles. The van der Waals surface area contributed by atoms with E-state index >= 15 is 0 Å². The first-order chi connectivity index (χ1) is 10.1. The van der Waals surface area contributed by atoms with Crippen molar-refractivity contribution in [2.24, 2.45) is 0 Å². The average molecular weight is 377 g/mol. The Bertz CT molecular complexity index is 498. The fourth-order valence-electron chi connectivity index (χ4n) is 2.30. The molecule has 21 heavy (non-hydrogen) atoms. The van der Waals surface area contributed by atoms with Gasteiger partial charge in [-0.25, -0.2) is 0 Å². The maximum Gasteiger partial charge on any atom is 0.222 e. The molecule has 1 aromatic rings. The van der Waals surface area contributed by atoms with Crippen LogP contribution in [-0.2, 0) is 9.53 Å². The molecule has 0 N–H and O–H groups in total. The predicted octanol–water partition coefficient (Wildman–Crippen LogP) is 3.51. The van der Waals surface area contributed by atoms with E-state index in [0.29, 0.717) is 36.8 Å². The van der Waals surface area contributed by atoms with Crippen LogP contribution in [0.15, 0.2) is 22.7 Å². The lowest BCUT2D eigenvalue weighted by Crippen LogP contribution is -2.30. The summed E-state index contributed by atoms with van der Waals surface area (Å²) in [4.78, 5) is 13.9. The third kappa shape index (κ3) is 4.87. The molecule has 1 atom stereocenters. The number of methoxy groups -OCH3 is 1. The molecule has 0 aliphatic carbocycles. The maximum absolute atomic E-state index is 12.0. The molecule has 1 saturated heterocycles. The molecule has 1 unspecified atom stereocenters. The van der Waals surface area contributed by atoms with Gasteiger partial charge in [0.05, 0.1) is 17.7 Å². The second kappa shape index (κ2) is 8.01. The van der Waals surface area contributed by atoms with Crippen LogP contribution < -0.4 is 4.74 Å². The molecular formula is C15H19BrClNO3. The van der Waals surface area contributed by atoms with Gasteiger partial charge < -0.3 is 14.4 Å². The summed E-state index contributed by atoms with van der Waals surface area (Å²) < 4.78 is 11.8. The number of hydrogen-bond donors (Lipinski definition) is 0. The zero-order valence-electron chi connectivity index (χ0n) is 12.0. The minimum Gasteiger partial charge on any atom is -0.492 e. The molecule has 1 aliphatic heterocycles. The Balaban J connectivity index is 1.69. The third-order valence-corrected chi connectivity index (χ3v) is 4.31. The summed E-state index contributed by atoms with van der Waals surface area (Å²) in [6, 6.07) is 5.48. The summed E-state index contributed by atoms with van der Waals surface area (Å²) in [5.41, 5.74) is 0. The topological polar surface area (TPSA) is 38.8 Å². The molecule has 0 bridgehead atoms. The van der Waals surface area contributed by atoms with E-state index in [0.717, 1.165) is 17.4 Å². The SMILES string of the molecule is COC1CCN(C(=O)CCCOc2ccc(Br)cc2Cl)C1. The monoisotopic (exact) mass is 375 g/mol. The van der Waals surface area contributed by atoms with Gasteiger partial charge in [0, 0.05) is 31.1 Å². The average Bonchev–Trinajstić information content (AvgIpc) is 2.94. The number of ether oxygens (including phenoxy) is 2. The molecule has 2 rings (SSSR count). The summed E-state index contributed by atoms with van der Waals surface area (Å²) in [7, 11) is 1.69. The van der Waals surface area contributed by atoms with E-state index in [1.54, 1.807) is 13.2 Å². The minimum atomic E-state index is 0.167. The molecule has 1 amide bonds. The first-order valence-corrected chi connectivity index (χ1v) is 8.15.